The molecule has 1 aliphatic rings. The topological polar surface area (TPSA) is 38.1 Å². The molecular weight excluding hydrogens is 358 g/mol. The summed E-state index contributed by atoms with van der Waals surface area (Å²) in [5.41, 5.74) is 2.13. The van der Waals surface area contributed by atoms with Crippen LogP contribution in [0.1, 0.15) is 25.3 Å². The van der Waals surface area contributed by atoms with Gasteiger partial charge in [-0.1, -0.05) is 48.2 Å². The van der Waals surface area contributed by atoms with Crippen molar-refractivity contribution in [2.75, 3.05) is 18.8 Å². The number of hydrogen-bond acceptors (Lipinski definition) is 5. The highest BCUT2D eigenvalue weighted by Crippen LogP contribution is 2.26. The van der Waals surface area contributed by atoms with E-state index in [9.17, 15) is 4.79 Å². The van der Waals surface area contributed by atoms with Crippen molar-refractivity contribution in [1.29, 1.82) is 0 Å². The molecule has 0 unspecified atom stereocenters. The van der Waals surface area contributed by atoms with Gasteiger partial charge in [-0.3, -0.25) is 4.79 Å². The number of piperidine rings is 1. The molecule has 0 N–H and O–H groups in total. The molecule has 2 heterocycles. The summed E-state index contributed by atoms with van der Waals surface area (Å²) in [4.78, 5) is 14.4. The van der Waals surface area contributed by atoms with Gasteiger partial charge < -0.3 is 4.90 Å². The summed E-state index contributed by atoms with van der Waals surface area (Å²) in [7, 11) is 0. The van der Waals surface area contributed by atoms with Gasteiger partial charge in [-0.25, -0.2) is 4.68 Å². The van der Waals surface area contributed by atoms with Gasteiger partial charge in [-0.15, -0.1) is 5.10 Å². The maximum atomic E-state index is 12.4. The molecule has 128 valence electrons. The minimum absolute atomic E-state index is 0.204. The lowest BCUT2D eigenvalue weighted by Gasteiger charge is -2.30. The molecule has 1 amide bonds. The molecule has 1 saturated heterocycles. The average Bonchev–Trinajstić information content (AvgIpc) is 2.94. The van der Waals surface area contributed by atoms with E-state index < -0.39 is 0 Å². The second-order valence-electron chi connectivity index (χ2n) is 6.21. The van der Waals surface area contributed by atoms with Gasteiger partial charge in [0, 0.05) is 13.1 Å². The Morgan fingerprint density at radius 3 is 3.00 bits per heavy atom. The van der Waals surface area contributed by atoms with E-state index in [0.29, 0.717) is 15.6 Å². The van der Waals surface area contributed by atoms with Crippen LogP contribution in [0.25, 0.3) is 5.69 Å². The molecular formula is C17H21N3OS3. The van der Waals surface area contributed by atoms with Gasteiger partial charge in [-0.05, 0) is 49.5 Å². The van der Waals surface area contributed by atoms with Crippen molar-refractivity contribution < 1.29 is 4.79 Å². The zero-order chi connectivity index (χ0) is 17.1. The van der Waals surface area contributed by atoms with Gasteiger partial charge in [0.05, 0.1) is 11.4 Å². The third-order valence-electron chi connectivity index (χ3n) is 4.20. The molecule has 0 bridgehead atoms. The van der Waals surface area contributed by atoms with Gasteiger partial charge in [0.15, 0.2) is 8.29 Å². The molecule has 3 rings (SSSR count). The van der Waals surface area contributed by atoms with Crippen LogP contribution in [-0.4, -0.2) is 39.4 Å². The Bertz CT molecular complexity index is 783. The summed E-state index contributed by atoms with van der Waals surface area (Å²) in [5.74, 6) is 1.24. The monoisotopic (exact) mass is 379 g/mol. The first-order chi connectivity index (χ1) is 11.5. The van der Waals surface area contributed by atoms with Crippen LogP contribution >= 0.6 is 35.3 Å². The quantitative estimate of drug-likeness (QED) is 0.586. The van der Waals surface area contributed by atoms with Crippen molar-refractivity contribution in [1.82, 2.24) is 14.7 Å². The van der Waals surface area contributed by atoms with Crippen LogP contribution < -0.4 is 0 Å². The second kappa shape index (κ2) is 7.80. The van der Waals surface area contributed by atoms with Crippen molar-refractivity contribution in [2.24, 2.45) is 5.92 Å². The van der Waals surface area contributed by atoms with Gasteiger partial charge in [0.2, 0.25) is 5.91 Å². The van der Waals surface area contributed by atoms with Crippen LogP contribution in [-0.2, 0) is 4.79 Å². The molecule has 1 fully saturated rings. The molecule has 4 nitrogen and oxygen atoms in total. The smallest absolute Gasteiger partial charge is 0.233 e. The third kappa shape index (κ3) is 4.07. The van der Waals surface area contributed by atoms with E-state index in [1.165, 1.54) is 29.5 Å². The van der Waals surface area contributed by atoms with E-state index in [-0.39, 0.29) is 5.91 Å². The molecule has 24 heavy (non-hydrogen) atoms. The molecule has 2 aromatic rings. The number of carbonyl (C=O) groups excluding carboxylic acids is 1. The predicted octanol–water partition coefficient (Wildman–Crippen LogP) is 4.32. The molecule has 0 radical (unpaired) electrons. The first-order valence-corrected chi connectivity index (χ1v) is 10.3. The van der Waals surface area contributed by atoms with E-state index in [0.717, 1.165) is 35.1 Å². The number of aryl methyl sites for hydroxylation is 1. The lowest BCUT2D eigenvalue weighted by Crippen LogP contribution is -2.40. The number of amides is 1. The molecule has 0 spiro atoms. The Morgan fingerprint density at radius 1 is 1.46 bits per heavy atom. The highest BCUT2D eigenvalue weighted by Gasteiger charge is 2.21. The molecule has 1 aliphatic heterocycles. The normalized spacial score (nSPS) is 17.9. The van der Waals surface area contributed by atoms with Crippen LogP contribution in [0.3, 0.4) is 0 Å². The van der Waals surface area contributed by atoms with Crippen molar-refractivity contribution in [2.45, 2.75) is 31.0 Å². The van der Waals surface area contributed by atoms with E-state index in [1.54, 1.807) is 4.68 Å². The van der Waals surface area contributed by atoms with E-state index in [4.69, 9.17) is 12.2 Å². The first-order valence-electron chi connectivity index (χ1n) is 8.11. The fourth-order valence-electron chi connectivity index (χ4n) is 2.90. The maximum absolute atomic E-state index is 12.4. The van der Waals surface area contributed by atoms with Crippen molar-refractivity contribution >= 4 is 41.2 Å². The summed E-state index contributed by atoms with van der Waals surface area (Å²) in [6, 6.07) is 8.05. The van der Waals surface area contributed by atoms with Crippen molar-refractivity contribution in [3.63, 3.8) is 0 Å². The van der Waals surface area contributed by atoms with Crippen LogP contribution in [0, 0.1) is 16.8 Å². The van der Waals surface area contributed by atoms with Gasteiger partial charge >= 0.3 is 0 Å². The van der Waals surface area contributed by atoms with Gasteiger partial charge in [0.25, 0.3) is 0 Å². The SMILES string of the molecule is Cc1ccccc1-n1nc(SCC(=O)N2CCC[C@H](C)C2)sc1=S. The third-order valence-corrected chi connectivity index (χ3v) is 6.55. The molecule has 7 heteroatoms. The van der Waals surface area contributed by atoms with Gasteiger partial charge in [-0.2, -0.15) is 0 Å². The number of thioether (sulfide) groups is 1. The Labute approximate surface area is 155 Å². The largest absolute Gasteiger partial charge is 0.342 e. The van der Waals surface area contributed by atoms with Gasteiger partial charge in [0.1, 0.15) is 0 Å². The number of benzene rings is 1. The highest BCUT2D eigenvalue weighted by atomic mass is 32.2. The Hall–Kier alpha value is -1.18. The average molecular weight is 380 g/mol. The molecule has 1 atom stereocenters. The Morgan fingerprint density at radius 2 is 2.25 bits per heavy atom. The first kappa shape index (κ1) is 17.6. The number of hydrogen-bond donors (Lipinski definition) is 0. The van der Waals surface area contributed by atoms with E-state index in [1.807, 2.05) is 36.1 Å². The molecule has 1 aromatic carbocycles. The van der Waals surface area contributed by atoms with E-state index in [2.05, 4.69) is 12.0 Å². The number of rotatable bonds is 4. The number of nitrogens with zero attached hydrogens (tertiary/aromatic N) is 3. The predicted molar refractivity (Wildman–Crippen MR) is 103 cm³/mol. The highest BCUT2D eigenvalue weighted by molar-refractivity contribution is 8.01. The summed E-state index contributed by atoms with van der Waals surface area (Å²) in [6.07, 6.45) is 2.33. The second-order valence-corrected chi connectivity index (χ2v) is 9.05. The minimum atomic E-state index is 0.204. The lowest BCUT2D eigenvalue weighted by molar-refractivity contribution is -0.130. The minimum Gasteiger partial charge on any atom is -0.342 e. The van der Waals surface area contributed by atoms with Crippen LogP contribution in [0.2, 0.25) is 0 Å². The summed E-state index contributed by atoms with van der Waals surface area (Å²) < 4.78 is 3.36. The standard InChI is InChI=1S/C17H21N3OS3/c1-12-6-5-9-19(10-12)15(21)11-23-16-18-20(17(22)24-16)14-8-4-3-7-13(14)2/h3-4,7-8,12H,5-6,9-11H2,1-2H3/t12-/m0/s1. The van der Waals surface area contributed by atoms with Crippen LogP contribution in [0.15, 0.2) is 28.6 Å². The molecule has 0 saturated carbocycles. The number of aromatic nitrogens is 2. The summed E-state index contributed by atoms with van der Waals surface area (Å²) >= 11 is 8.40. The summed E-state index contributed by atoms with van der Waals surface area (Å²) in [6.45, 7) is 6.02. The number of carbonyl (C=O) groups is 1. The summed E-state index contributed by atoms with van der Waals surface area (Å²) in [5, 5.41) is 4.60. The molecule has 0 aliphatic carbocycles. The zero-order valence-electron chi connectivity index (χ0n) is 13.9. The van der Waals surface area contributed by atoms with Crippen molar-refractivity contribution in [3.05, 3.63) is 33.8 Å². The zero-order valence-corrected chi connectivity index (χ0v) is 16.3. The lowest BCUT2D eigenvalue weighted by atomic mass is 10.0. The van der Waals surface area contributed by atoms with Crippen LogP contribution in [0.4, 0.5) is 0 Å². The maximum Gasteiger partial charge on any atom is 0.233 e. The fourth-order valence-corrected chi connectivity index (χ4v) is 5.15. The molecule has 1 aromatic heterocycles. The number of para-hydroxylation sites is 1. The Kier molecular flexibility index (Phi) is 5.73. The van der Waals surface area contributed by atoms with Crippen molar-refractivity contribution in [3.8, 4) is 5.69 Å². The number of likely N-dealkylation sites (tertiary alicyclic amines) is 1. The van der Waals surface area contributed by atoms with E-state index >= 15 is 0 Å². The van der Waals surface area contributed by atoms with Crippen LogP contribution in [0.5, 0.6) is 0 Å². The fraction of sp³-hybridized carbons (Fsp3) is 0.471. The Balaban J connectivity index is 1.67.